The monoisotopic (exact) mass is 460 g/mol. The first-order valence-electron chi connectivity index (χ1n) is 10.5. The lowest BCUT2D eigenvalue weighted by atomic mass is 9.85. The number of rotatable bonds is 5. The molecule has 1 aromatic carbocycles. The third-order valence-electron chi connectivity index (χ3n) is 6.04. The molecule has 0 saturated carbocycles. The van der Waals surface area contributed by atoms with Crippen LogP contribution in [0.5, 0.6) is 0 Å². The van der Waals surface area contributed by atoms with Gasteiger partial charge in [-0.15, -0.1) is 0 Å². The first-order chi connectivity index (χ1) is 15.3. The van der Waals surface area contributed by atoms with Gasteiger partial charge in [-0.2, -0.15) is 4.31 Å². The average molecular weight is 461 g/mol. The number of amides is 4. The Morgan fingerprint density at radius 2 is 1.47 bits per heavy atom. The van der Waals surface area contributed by atoms with Gasteiger partial charge < -0.3 is 0 Å². The van der Waals surface area contributed by atoms with Crippen molar-refractivity contribution in [2.24, 2.45) is 11.8 Å². The van der Waals surface area contributed by atoms with E-state index in [0.29, 0.717) is 25.9 Å². The van der Waals surface area contributed by atoms with Crippen LogP contribution in [0.2, 0.25) is 0 Å². The van der Waals surface area contributed by atoms with Crippen molar-refractivity contribution in [1.82, 2.24) is 20.1 Å². The lowest BCUT2D eigenvalue weighted by Crippen LogP contribution is -2.47. The van der Waals surface area contributed by atoms with Crippen molar-refractivity contribution in [3.8, 4) is 0 Å². The summed E-state index contributed by atoms with van der Waals surface area (Å²) in [6.07, 6.45) is 6.33. The number of carbonyl (C=O) groups excluding carboxylic acids is 4. The van der Waals surface area contributed by atoms with E-state index in [1.54, 1.807) is 0 Å². The standard InChI is InChI=1S/C21H24N4O6S/c26-18(13-25-20(28)16-5-1-2-6-17(16)21(25)29)22-23-19(27)14-7-9-15(10-8-14)32(30,31)24-11-3-4-12-24/h1-2,7-10,16-17H,3-6,11-13H2,(H,22,26)(H,23,27)/t16-,17+. The van der Waals surface area contributed by atoms with E-state index in [2.05, 4.69) is 10.9 Å². The zero-order valence-corrected chi connectivity index (χ0v) is 18.1. The molecule has 0 spiro atoms. The molecule has 1 aliphatic carbocycles. The fourth-order valence-electron chi connectivity index (χ4n) is 4.26. The molecule has 0 unspecified atom stereocenters. The highest BCUT2D eigenvalue weighted by Gasteiger charge is 2.47. The van der Waals surface area contributed by atoms with Crippen LogP contribution in [0.3, 0.4) is 0 Å². The average Bonchev–Trinajstić information content (AvgIpc) is 3.43. The van der Waals surface area contributed by atoms with Gasteiger partial charge in [0.15, 0.2) is 0 Å². The second-order valence-corrected chi connectivity index (χ2v) is 9.99. The molecule has 2 aliphatic heterocycles. The van der Waals surface area contributed by atoms with Crippen molar-refractivity contribution in [1.29, 1.82) is 0 Å². The highest BCUT2D eigenvalue weighted by molar-refractivity contribution is 7.89. The maximum Gasteiger partial charge on any atom is 0.269 e. The molecule has 1 aromatic rings. The molecule has 0 bridgehead atoms. The lowest BCUT2D eigenvalue weighted by Gasteiger charge is -2.16. The Kier molecular flexibility index (Phi) is 6.11. The van der Waals surface area contributed by atoms with Crippen molar-refractivity contribution in [3.63, 3.8) is 0 Å². The normalized spacial score (nSPS) is 23.3. The minimum atomic E-state index is -3.58. The summed E-state index contributed by atoms with van der Waals surface area (Å²) in [5, 5.41) is 0. The van der Waals surface area contributed by atoms with E-state index in [0.717, 1.165) is 17.7 Å². The van der Waals surface area contributed by atoms with Gasteiger partial charge in [-0.1, -0.05) is 12.2 Å². The van der Waals surface area contributed by atoms with E-state index >= 15 is 0 Å². The number of benzene rings is 1. The van der Waals surface area contributed by atoms with Crippen LogP contribution >= 0.6 is 0 Å². The van der Waals surface area contributed by atoms with Gasteiger partial charge in [0.2, 0.25) is 21.8 Å². The number of likely N-dealkylation sites (tertiary alicyclic amines) is 1. The van der Waals surface area contributed by atoms with Crippen molar-refractivity contribution in [3.05, 3.63) is 42.0 Å². The van der Waals surface area contributed by atoms with E-state index in [9.17, 15) is 27.6 Å². The number of fused-ring (bicyclic) bond motifs is 1. The predicted octanol–water partition coefficient (Wildman–Crippen LogP) is 0.183. The summed E-state index contributed by atoms with van der Waals surface area (Å²) in [6.45, 7) is 0.491. The Balaban J connectivity index is 1.31. The molecule has 4 rings (SSSR count). The topological polar surface area (TPSA) is 133 Å². The third-order valence-corrected chi connectivity index (χ3v) is 7.95. The first-order valence-corrected chi connectivity index (χ1v) is 11.9. The largest absolute Gasteiger partial charge is 0.274 e. The van der Waals surface area contributed by atoms with Gasteiger partial charge in [-0.3, -0.25) is 34.9 Å². The summed E-state index contributed by atoms with van der Waals surface area (Å²) < 4.78 is 26.5. The van der Waals surface area contributed by atoms with E-state index in [1.807, 2.05) is 12.2 Å². The maximum absolute atomic E-state index is 12.5. The highest BCUT2D eigenvalue weighted by Crippen LogP contribution is 2.34. The van der Waals surface area contributed by atoms with Gasteiger partial charge in [0, 0.05) is 18.7 Å². The minimum Gasteiger partial charge on any atom is -0.274 e. The molecular formula is C21H24N4O6S. The van der Waals surface area contributed by atoms with Crippen LogP contribution in [0.15, 0.2) is 41.3 Å². The van der Waals surface area contributed by atoms with E-state index in [1.165, 1.54) is 28.6 Å². The second kappa shape index (κ2) is 8.83. The Morgan fingerprint density at radius 1 is 0.906 bits per heavy atom. The van der Waals surface area contributed by atoms with Crippen LogP contribution in [-0.4, -0.2) is 60.9 Å². The van der Waals surface area contributed by atoms with Crippen LogP contribution in [0, 0.1) is 11.8 Å². The molecule has 11 heteroatoms. The summed E-state index contributed by atoms with van der Waals surface area (Å²) in [6, 6.07) is 5.41. The quantitative estimate of drug-likeness (QED) is 0.366. The van der Waals surface area contributed by atoms with Crippen LogP contribution in [0.1, 0.15) is 36.0 Å². The van der Waals surface area contributed by atoms with E-state index in [4.69, 9.17) is 0 Å². The van der Waals surface area contributed by atoms with Crippen LogP contribution < -0.4 is 10.9 Å². The number of allylic oxidation sites excluding steroid dienone is 2. The summed E-state index contributed by atoms with van der Waals surface area (Å²) in [4.78, 5) is 50.3. The third kappa shape index (κ3) is 4.17. The van der Waals surface area contributed by atoms with Gasteiger partial charge in [0.1, 0.15) is 6.54 Å². The zero-order valence-electron chi connectivity index (χ0n) is 17.3. The summed E-state index contributed by atoms with van der Waals surface area (Å²) in [5.41, 5.74) is 4.56. The molecule has 2 saturated heterocycles. The molecular weight excluding hydrogens is 436 g/mol. The molecule has 2 N–H and O–H groups in total. The molecule has 170 valence electrons. The number of nitrogens with zero attached hydrogens (tertiary/aromatic N) is 2. The summed E-state index contributed by atoms with van der Waals surface area (Å²) >= 11 is 0. The van der Waals surface area contributed by atoms with Crippen LogP contribution in [-0.2, 0) is 24.4 Å². The number of hydrogen-bond acceptors (Lipinski definition) is 6. The maximum atomic E-state index is 12.5. The smallest absolute Gasteiger partial charge is 0.269 e. The molecule has 2 heterocycles. The van der Waals surface area contributed by atoms with Crippen molar-refractivity contribution >= 4 is 33.7 Å². The first kappa shape index (κ1) is 22.2. The molecule has 32 heavy (non-hydrogen) atoms. The van der Waals surface area contributed by atoms with E-state index < -0.39 is 40.2 Å². The summed E-state index contributed by atoms with van der Waals surface area (Å²) in [7, 11) is -3.58. The molecule has 10 nitrogen and oxygen atoms in total. The minimum absolute atomic E-state index is 0.0991. The number of hydrazine groups is 1. The fraction of sp³-hybridized carbons (Fsp3) is 0.429. The van der Waals surface area contributed by atoms with Gasteiger partial charge >= 0.3 is 0 Å². The van der Waals surface area contributed by atoms with Crippen LogP contribution in [0.25, 0.3) is 0 Å². The molecule has 0 radical (unpaired) electrons. The molecule has 3 aliphatic rings. The molecule has 0 aromatic heterocycles. The zero-order chi connectivity index (χ0) is 22.9. The Morgan fingerprint density at radius 3 is 2.03 bits per heavy atom. The molecule has 2 atom stereocenters. The predicted molar refractivity (Wildman–Crippen MR) is 112 cm³/mol. The van der Waals surface area contributed by atoms with Crippen LogP contribution in [0.4, 0.5) is 0 Å². The Bertz CT molecular complexity index is 1050. The molecule has 2 fully saturated rings. The number of sulfonamides is 1. The van der Waals surface area contributed by atoms with Gasteiger partial charge in [-0.25, -0.2) is 8.42 Å². The van der Waals surface area contributed by atoms with Crippen molar-refractivity contribution < 1.29 is 27.6 Å². The van der Waals surface area contributed by atoms with Crippen molar-refractivity contribution in [2.75, 3.05) is 19.6 Å². The highest BCUT2D eigenvalue weighted by atomic mass is 32.2. The second-order valence-electron chi connectivity index (χ2n) is 8.06. The number of hydrogen-bond donors (Lipinski definition) is 2. The fourth-order valence-corrected chi connectivity index (χ4v) is 5.78. The molecule has 4 amide bonds. The summed E-state index contributed by atoms with van der Waals surface area (Å²) in [5.74, 6) is -2.96. The van der Waals surface area contributed by atoms with Gasteiger partial charge in [0.05, 0.1) is 16.7 Å². The number of carbonyl (C=O) groups is 4. The Labute approximate surface area is 185 Å². The SMILES string of the molecule is O=C(CN1C(=O)[C@H]2CC=CC[C@H]2C1=O)NNC(=O)c1ccc(S(=O)(=O)N2CCCC2)cc1. The Hall–Kier alpha value is -3.05. The van der Waals surface area contributed by atoms with Gasteiger partial charge in [0.25, 0.3) is 11.8 Å². The number of nitrogens with one attached hydrogen (secondary N) is 2. The lowest BCUT2D eigenvalue weighted by molar-refractivity contribution is -0.143. The van der Waals surface area contributed by atoms with Crippen molar-refractivity contribution in [2.45, 2.75) is 30.6 Å². The van der Waals surface area contributed by atoms with Gasteiger partial charge in [-0.05, 0) is 49.9 Å². The van der Waals surface area contributed by atoms with E-state index in [-0.39, 0.29) is 22.3 Å². The number of imide groups is 1.